The van der Waals surface area contributed by atoms with Gasteiger partial charge in [0.1, 0.15) is 19.8 Å². The van der Waals surface area contributed by atoms with Crippen LogP contribution in [0, 0.1) is 0 Å². The molecule has 338 valence electrons. The van der Waals surface area contributed by atoms with E-state index in [2.05, 4.69) is 26.0 Å². The normalized spacial score (nSPS) is 13.6. The van der Waals surface area contributed by atoms with E-state index in [-0.39, 0.29) is 32.0 Å². The Morgan fingerprint density at radius 3 is 1.30 bits per heavy atom. The zero-order chi connectivity index (χ0) is 42.1. The first-order valence-corrected chi connectivity index (χ1v) is 25.4. The molecular formula is C47H92NO8P. The molecule has 0 bridgehead atoms. The smallest absolute Gasteiger partial charge is 0.306 e. The first-order valence-electron chi connectivity index (χ1n) is 23.9. The molecule has 0 heterocycles. The van der Waals surface area contributed by atoms with E-state index in [0.717, 1.165) is 51.4 Å². The van der Waals surface area contributed by atoms with E-state index in [1.165, 1.54) is 141 Å². The van der Waals surface area contributed by atoms with Crippen molar-refractivity contribution in [3.05, 3.63) is 12.2 Å². The molecule has 0 radical (unpaired) electrons. The Labute approximate surface area is 352 Å². The van der Waals surface area contributed by atoms with E-state index in [0.29, 0.717) is 17.4 Å². The van der Waals surface area contributed by atoms with Crippen molar-refractivity contribution in [2.24, 2.45) is 0 Å². The van der Waals surface area contributed by atoms with Crippen molar-refractivity contribution in [2.75, 3.05) is 47.5 Å². The van der Waals surface area contributed by atoms with E-state index in [4.69, 9.17) is 18.5 Å². The number of allylic oxidation sites excluding steroid dienone is 2. The molecule has 0 spiro atoms. The summed E-state index contributed by atoms with van der Waals surface area (Å²) < 4.78 is 34.0. The van der Waals surface area contributed by atoms with Crippen molar-refractivity contribution < 1.29 is 42.1 Å². The number of rotatable bonds is 44. The van der Waals surface area contributed by atoms with E-state index >= 15 is 0 Å². The number of nitrogens with zero attached hydrogens (tertiary/aromatic N) is 1. The Morgan fingerprint density at radius 1 is 0.526 bits per heavy atom. The highest BCUT2D eigenvalue weighted by molar-refractivity contribution is 7.45. The third kappa shape index (κ3) is 44.1. The molecule has 0 saturated carbocycles. The fourth-order valence-corrected chi connectivity index (χ4v) is 7.50. The maximum absolute atomic E-state index is 12.7. The summed E-state index contributed by atoms with van der Waals surface area (Å²) in [5.74, 6) is -0.832. The molecule has 0 amide bonds. The van der Waals surface area contributed by atoms with E-state index in [1.807, 2.05) is 21.1 Å². The number of carbonyl (C=O) groups excluding carboxylic acids is 2. The van der Waals surface area contributed by atoms with Crippen LogP contribution >= 0.6 is 7.82 Å². The number of phosphoric acid groups is 1. The molecule has 0 saturated heterocycles. The molecular weight excluding hydrogens is 737 g/mol. The molecule has 57 heavy (non-hydrogen) atoms. The van der Waals surface area contributed by atoms with Gasteiger partial charge in [0.25, 0.3) is 7.82 Å². The molecule has 0 aliphatic rings. The first kappa shape index (κ1) is 55.8. The third-order valence-corrected chi connectivity index (χ3v) is 11.5. The zero-order valence-corrected chi connectivity index (χ0v) is 38.9. The van der Waals surface area contributed by atoms with Crippen LogP contribution in [0.5, 0.6) is 0 Å². The van der Waals surface area contributed by atoms with Gasteiger partial charge in [0.05, 0.1) is 27.7 Å². The minimum Gasteiger partial charge on any atom is -0.756 e. The molecule has 0 N–H and O–H groups in total. The number of unbranched alkanes of at least 4 members (excludes halogenated alkanes) is 28. The van der Waals surface area contributed by atoms with Crippen LogP contribution in [0.2, 0.25) is 0 Å². The second-order valence-corrected chi connectivity index (χ2v) is 18.9. The Hall–Kier alpha value is -1.25. The average Bonchev–Trinajstić information content (AvgIpc) is 3.16. The Morgan fingerprint density at radius 2 is 0.895 bits per heavy atom. The Kier molecular flexibility index (Phi) is 39.3. The van der Waals surface area contributed by atoms with Crippen LogP contribution in [0.25, 0.3) is 0 Å². The van der Waals surface area contributed by atoms with Gasteiger partial charge < -0.3 is 27.9 Å². The number of likely N-dealkylation sites (N-methyl/N-ethyl adjacent to an activating group) is 1. The highest BCUT2D eigenvalue weighted by atomic mass is 31.2. The number of hydrogen-bond acceptors (Lipinski definition) is 8. The van der Waals surface area contributed by atoms with Crippen LogP contribution in [-0.2, 0) is 32.7 Å². The van der Waals surface area contributed by atoms with Gasteiger partial charge in [-0.15, -0.1) is 0 Å². The Balaban J connectivity index is 4.25. The van der Waals surface area contributed by atoms with Gasteiger partial charge in [-0.25, -0.2) is 0 Å². The van der Waals surface area contributed by atoms with Gasteiger partial charge in [0, 0.05) is 12.8 Å². The van der Waals surface area contributed by atoms with Crippen LogP contribution in [0.15, 0.2) is 12.2 Å². The number of ether oxygens (including phenoxy) is 2. The monoisotopic (exact) mass is 830 g/mol. The van der Waals surface area contributed by atoms with E-state index < -0.39 is 26.5 Å². The molecule has 0 aromatic heterocycles. The van der Waals surface area contributed by atoms with Crippen molar-refractivity contribution in [1.82, 2.24) is 0 Å². The first-order chi connectivity index (χ1) is 27.5. The van der Waals surface area contributed by atoms with Gasteiger partial charge in [0.2, 0.25) is 0 Å². The SMILES string of the molecule is CCCCCCC/C=C\CCCCCCCC(=O)OC(COC(=O)CCCCCCCCCCCCCCCCCCCCC)COP(=O)([O-])OCC[N+](C)(C)C. The lowest BCUT2D eigenvalue weighted by Gasteiger charge is -2.28. The van der Waals surface area contributed by atoms with Crippen LogP contribution in [0.4, 0.5) is 0 Å². The quantitative estimate of drug-likeness (QED) is 0.0196. The van der Waals surface area contributed by atoms with Crippen LogP contribution in [-0.4, -0.2) is 70.0 Å². The fourth-order valence-electron chi connectivity index (χ4n) is 6.77. The van der Waals surface area contributed by atoms with Crippen molar-refractivity contribution >= 4 is 19.8 Å². The molecule has 9 nitrogen and oxygen atoms in total. The largest absolute Gasteiger partial charge is 0.756 e. The van der Waals surface area contributed by atoms with Crippen LogP contribution < -0.4 is 4.89 Å². The summed E-state index contributed by atoms with van der Waals surface area (Å²) in [5.41, 5.74) is 0. The molecule has 0 aliphatic carbocycles. The lowest BCUT2D eigenvalue weighted by atomic mass is 10.0. The van der Waals surface area contributed by atoms with Crippen molar-refractivity contribution in [2.45, 2.75) is 232 Å². The molecule has 10 heteroatoms. The van der Waals surface area contributed by atoms with Gasteiger partial charge in [-0.05, 0) is 38.5 Å². The average molecular weight is 830 g/mol. The van der Waals surface area contributed by atoms with Crippen molar-refractivity contribution in [3.8, 4) is 0 Å². The molecule has 0 fully saturated rings. The summed E-state index contributed by atoms with van der Waals surface area (Å²) in [6.07, 6.45) is 42.4. The van der Waals surface area contributed by atoms with Gasteiger partial charge >= 0.3 is 11.9 Å². The standard InChI is InChI=1S/C47H92NO8P/c1-6-8-10-12-14-16-18-20-22-23-24-25-26-28-29-31-33-35-37-39-46(49)53-43-45(44-55-57(51,52)54-42-41-48(3,4)5)56-47(50)40-38-36-34-32-30-27-21-19-17-15-13-11-9-7-2/h19,21,45H,6-18,20,22-44H2,1-5H3/b21-19-. The maximum atomic E-state index is 12.7. The summed E-state index contributed by atoms with van der Waals surface area (Å²) in [6, 6.07) is 0. The number of phosphoric ester groups is 1. The lowest BCUT2D eigenvalue weighted by Crippen LogP contribution is -2.37. The van der Waals surface area contributed by atoms with Gasteiger partial charge in [-0.3, -0.25) is 14.2 Å². The topological polar surface area (TPSA) is 111 Å². The predicted molar refractivity (Wildman–Crippen MR) is 236 cm³/mol. The highest BCUT2D eigenvalue weighted by Gasteiger charge is 2.21. The number of quaternary nitrogens is 1. The minimum absolute atomic E-state index is 0.0292. The number of hydrogen-bond donors (Lipinski definition) is 0. The molecule has 2 atom stereocenters. The summed E-state index contributed by atoms with van der Waals surface area (Å²) in [6.45, 7) is 4.24. The maximum Gasteiger partial charge on any atom is 0.306 e. The van der Waals surface area contributed by atoms with Crippen LogP contribution in [0.3, 0.4) is 0 Å². The van der Waals surface area contributed by atoms with Gasteiger partial charge in [-0.2, -0.15) is 0 Å². The van der Waals surface area contributed by atoms with Crippen molar-refractivity contribution in [3.63, 3.8) is 0 Å². The Bertz CT molecular complexity index is 985. The third-order valence-electron chi connectivity index (χ3n) is 10.5. The summed E-state index contributed by atoms with van der Waals surface area (Å²) >= 11 is 0. The summed E-state index contributed by atoms with van der Waals surface area (Å²) in [4.78, 5) is 37.6. The van der Waals surface area contributed by atoms with Gasteiger partial charge in [-0.1, -0.05) is 187 Å². The molecule has 2 unspecified atom stereocenters. The number of esters is 2. The molecule has 0 aliphatic heterocycles. The highest BCUT2D eigenvalue weighted by Crippen LogP contribution is 2.38. The number of carbonyl (C=O) groups is 2. The second-order valence-electron chi connectivity index (χ2n) is 17.5. The van der Waals surface area contributed by atoms with Gasteiger partial charge in [0.15, 0.2) is 6.10 Å². The lowest BCUT2D eigenvalue weighted by molar-refractivity contribution is -0.870. The molecule has 0 rings (SSSR count). The second kappa shape index (κ2) is 40.2. The fraction of sp³-hybridized carbons (Fsp3) is 0.915. The summed E-state index contributed by atoms with van der Waals surface area (Å²) in [5, 5.41) is 0. The van der Waals surface area contributed by atoms with Crippen LogP contribution in [0.1, 0.15) is 226 Å². The zero-order valence-electron chi connectivity index (χ0n) is 38.1. The predicted octanol–water partition coefficient (Wildman–Crippen LogP) is 13.1. The summed E-state index contributed by atoms with van der Waals surface area (Å²) in [7, 11) is 1.17. The minimum atomic E-state index is -4.62. The molecule has 0 aromatic rings. The van der Waals surface area contributed by atoms with E-state index in [9.17, 15) is 19.0 Å². The molecule has 0 aromatic carbocycles. The van der Waals surface area contributed by atoms with E-state index in [1.54, 1.807) is 0 Å². The van der Waals surface area contributed by atoms with Crippen molar-refractivity contribution in [1.29, 1.82) is 0 Å².